The Balaban J connectivity index is 1.87. The maximum Gasteiger partial charge on any atom is 0.315 e. The van der Waals surface area contributed by atoms with Gasteiger partial charge in [-0.15, -0.1) is 11.3 Å². The molecule has 0 aliphatic rings. The average Bonchev–Trinajstić information content (AvgIpc) is 2.98. The van der Waals surface area contributed by atoms with Crippen molar-refractivity contribution in [2.24, 2.45) is 0 Å². The Morgan fingerprint density at radius 2 is 2.17 bits per heavy atom. The van der Waals surface area contributed by atoms with Crippen LogP contribution >= 0.6 is 11.3 Å². The number of hydrogen-bond donors (Lipinski definition) is 2. The van der Waals surface area contributed by atoms with Gasteiger partial charge in [-0.25, -0.2) is 9.78 Å². The average molecular weight is 333 g/mol. The number of hydrogen-bond acceptors (Lipinski definition) is 4. The van der Waals surface area contributed by atoms with Crippen LogP contribution in [0.15, 0.2) is 29.6 Å². The van der Waals surface area contributed by atoms with E-state index in [1.54, 1.807) is 18.4 Å². The first-order valence-corrected chi connectivity index (χ1v) is 8.60. The van der Waals surface area contributed by atoms with Crippen LogP contribution < -0.4 is 15.4 Å². The number of benzene rings is 1. The molecule has 5 nitrogen and oxygen atoms in total. The van der Waals surface area contributed by atoms with Gasteiger partial charge in [0.05, 0.1) is 23.9 Å². The van der Waals surface area contributed by atoms with Gasteiger partial charge in [0.25, 0.3) is 0 Å². The van der Waals surface area contributed by atoms with Crippen LogP contribution in [0.1, 0.15) is 35.7 Å². The summed E-state index contributed by atoms with van der Waals surface area (Å²) >= 11 is 1.63. The number of carbonyl (C=O) groups excluding carboxylic acids is 1. The molecule has 1 heterocycles. The summed E-state index contributed by atoms with van der Waals surface area (Å²) in [6.45, 7) is 4.58. The van der Waals surface area contributed by atoms with Crippen molar-refractivity contribution in [3.05, 3.63) is 45.9 Å². The first kappa shape index (κ1) is 17.3. The molecule has 0 bridgehead atoms. The number of urea groups is 1. The van der Waals surface area contributed by atoms with Crippen molar-refractivity contribution >= 4 is 17.4 Å². The lowest BCUT2D eigenvalue weighted by Crippen LogP contribution is -2.38. The highest BCUT2D eigenvalue weighted by molar-refractivity contribution is 7.09. The number of ether oxygens (including phenoxy) is 1. The van der Waals surface area contributed by atoms with Crippen LogP contribution in [0.5, 0.6) is 5.75 Å². The molecule has 2 rings (SSSR count). The molecule has 2 amide bonds. The van der Waals surface area contributed by atoms with Gasteiger partial charge >= 0.3 is 6.03 Å². The highest BCUT2D eigenvalue weighted by atomic mass is 32.1. The number of aryl methyl sites for hydroxylation is 1. The number of rotatable bonds is 7. The zero-order valence-corrected chi connectivity index (χ0v) is 14.6. The van der Waals surface area contributed by atoms with Gasteiger partial charge in [-0.3, -0.25) is 0 Å². The Bertz CT molecular complexity index is 642. The lowest BCUT2D eigenvalue weighted by atomic mass is 10.0. The van der Waals surface area contributed by atoms with Gasteiger partial charge in [0.1, 0.15) is 5.75 Å². The third-order valence-electron chi connectivity index (χ3n) is 3.56. The third-order valence-corrected chi connectivity index (χ3v) is 4.38. The molecule has 6 heteroatoms. The summed E-state index contributed by atoms with van der Waals surface area (Å²) in [4.78, 5) is 16.5. The molecule has 1 aromatic carbocycles. The number of methoxy groups -OCH3 is 1. The zero-order chi connectivity index (χ0) is 16.7. The molecule has 0 saturated carbocycles. The van der Waals surface area contributed by atoms with Crippen LogP contribution in [0.25, 0.3) is 0 Å². The van der Waals surface area contributed by atoms with Gasteiger partial charge in [-0.2, -0.15) is 0 Å². The SMILES string of the molecule is CC[C@H](NC(=O)NCCc1csc(C)n1)c1ccccc1OC. The van der Waals surface area contributed by atoms with E-state index in [9.17, 15) is 4.79 Å². The van der Waals surface area contributed by atoms with Gasteiger partial charge in [0, 0.05) is 23.9 Å². The predicted molar refractivity (Wildman–Crippen MR) is 93.1 cm³/mol. The molecule has 1 aromatic heterocycles. The number of nitrogens with one attached hydrogen (secondary N) is 2. The van der Waals surface area contributed by atoms with Gasteiger partial charge in [0.2, 0.25) is 0 Å². The van der Waals surface area contributed by atoms with Crippen molar-refractivity contribution in [1.82, 2.24) is 15.6 Å². The van der Waals surface area contributed by atoms with Crippen molar-refractivity contribution in [1.29, 1.82) is 0 Å². The quantitative estimate of drug-likeness (QED) is 0.816. The Labute approximate surface area is 141 Å². The second kappa shape index (κ2) is 8.53. The molecule has 23 heavy (non-hydrogen) atoms. The van der Waals surface area contributed by atoms with E-state index in [0.717, 1.165) is 34.9 Å². The molecule has 124 valence electrons. The summed E-state index contributed by atoms with van der Waals surface area (Å²) in [6, 6.07) is 7.51. The molecule has 0 spiro atoms. The van der Waals surface area contributed by atoms with Gasteiger partial charge < -0.3 is 15.4 Å². The van der Waals surface area contributed by atoms with Crippen LogP contribution in [-0.4, -0.2) is 24.7 Å². The fraction of sp³-hybridized carbons (Fsp3) is 0.412. The second-order valence-electron chi connectivity index (χ2n) is 5.21. The van der Waals surface area contributed by atoms with E-state index in [1.165, 1.54) is 0 Å². The molecule has 0 fully saturated rings. The Kier molecular flexibility index (Phi) is 6.40. The monoisotopic (exact) mass is 333 g/mol. The molecule has 2 aromatic rings. The van der Waals surface area contributed by atoms with Crippen LogP contribution in [0.2, 0.25) is 0 Å². The van der Waals surface area contributed by atoms with Crippen LogP contribution in [-0.2, 0) is 6.42 Å². The topological polar surface area (TPSA) is 63.2 Å². The van der Waals surface area contributed by atoms with Gasteiger partial charge in [0.15, 0.2) is 0 Å². The maximum atomic E-state index is 12.1. The minimum atomic E-state index is -0.172. The van der Waals surface area contributed by atoms with Crippen molar-refractivity contribution in [2.45, 2.75) is 32.7 Å². The number of nitrogens with zero attached hydrogens (tertiary/aromatic N) is 1. The summed E-state index contributed by atoms with van der Waals surface area (Å²) in [5.41, 5.74) is 2.01. The summed E-state index contributed by atoms with van der Waals surface area (Å²) in [7, 11) is 1.64. The fourth-order valence-corrected chi connectivity index (χ4v) is 3.04. The zero-order valence-electron chi connectivity index (χ0n) is 13.8. The van der Waals surface area contributed by atoms with Crippen LogP contribution in [0.3, 0.4) is 0 Å². The highest BCUT2D eigenvalue weighted by Crippen LogP contribution is 2.26. The van der Waals surface area contributed by atoms with E-state index in [2.05, 4.69) is 15.6 Å². The molecule has 0 saturated heterocycles. The summed E-state index contributed by atoms with van der Waals surface area (Å²) < 4.78 is 5.37. The lowest BCUT2D eigenvalue weighted by molar-refractivity contribution is 0.236. The third kappa shape index (κ3) is 4.96. The van der Waals surface area contributed by atoms with Crippen molar-refractivity contribution in [3.8, 4) is 5.75 Å². The summed E-state index contributed by atoms with van der Waals surface area (Å²) in [6.07, 6.45) is 1.53. The first-order chi connectivity index (χ1) is 11.1. The highest BCUT2D eigenvalue weighted by Gasteiger charge is 2.16. The summed E-state index contributed by atoms with van der Waals surface area (Å²) in [5.74, 6) is 0.789. The maximum absolute atomic E-state index is 12.1. The predicted octanol–water partition coefficient (Wildman–Crippen LogP) is 3.45. The molecular formula is C17H23N3O2S. The minimum absolute atomic E-state index is 0.0762. The lowest BCUT2D eigenvalue weighted by Gasteiger charge is -2.20. The van der Waals surface area contributed by atoms with E-state index in [-0.39, 0.29) is 12.1 Å². The molecule has 0 aliphatic heterocycles. The van der Waals surface area contributed by atoms with Crippen LogP contribution in [0, 0.1) is 6.92 Å². The van der Waals surface area contributed by atoms with E-state index < -0.39 is 0 Å². The van der Waals surface area contributed by atoms with E-state index in [4.69, 9.17) is 4.74 Å². The number of aromatic nitrogens is 1. The smallest absolute Gasteiger partial charge is 0.315 e. The van der Waals surface area contributed by atoms with Crippen molar-refractivity contribution in [2.75, 3.05) is 13.7 Å². The number of thiazole rings is 1. The number of amides is 2. The Morgan fingerprint density at radius 3 is 2.83 bits per heavy atom. The summed E-state index contributed by atoms with van der Waals surface area (Å²) in [5, 5.41) is 8.96. The standard InChI is InChI=1S/C17H23N3O2S/c1-4-15(14-7-5-6-8-16(14)22-3)20-17(21)18-10-9-13-11-23-12(2)19-13/h5-8,11,15H,4,9-10H2,1-3H3,(H2,18,20,21)/t15-/m0/s1. The van der Waals surface area contributed by atoms with E-state index in [0.29, 0.717) is 6.54 Å². The number of para-hydroxylation sites is 1. The molecule has 0 radical (unpaired) electrons. The van der Waals surface area contributed by atoms with Crippen LogP contribution in [0.4, 0.5) is 4.79 Å². The van der Waals surface area contributed by atoms with Crippen molar-refractivity contribution < 1.29 is 9.53 Å². The molecule has 0 unspecified atom stereocenters. The Morgan fingerprint density at radius 1 is 1.39 bits per heavy atom. The van der Waals surface area contributed by atoms with Gasteiger partial charge in [-0.1, -0.05) is 25.1 Å². The van der Waals surface area contributed by atoms with Gasteiger partial charge in [-0.05, 0) is 19.4 Å². The molecule has 0 aliphatic carbocycles. The molecule has 2 N–H and O–H groups in total. The minimum Gasteiger partial charge on any atom is -0.496 e. The second-order valence-corrected chi connectivity index (χ2v) is 6.27. The van der Waals surface area contributed by atoms with E-state index >= 15 is 0 Å². The fourth-order valence-electron chi connectivity index (χ4n) is 2.39. The first-order valence-electron chi connectivity index (χ1n) is 7.72. The van der Waals surface area contributed by atoms with E-state index in [1.807, 2.05) is 43.5 Å². The number of carbonyl (C=O) groups is 1. The molecular weight excluding hydrogens is 310 g/mol. The molecule has 1 atom stereocenters. The largest absolute Gasteiger partial charge is 0.496 e. The normalized spacial score (nSPS) is 11.8. The van der Waals surface area contributed by atoms with Crippen molar-refractivity contribution in [3.63, 3.8) is 0 Å². The Hall–Kier alpha value is -2.08.